The molecule has 0 aromatic carbocycles. The Kier molecular flexibility index (Phi) is 7.25. The second-order valence-corrected chi connectivity index (χ2v) is 4.75. The Balaban J connectivity index is 0.00000162. The van der Waals surface area contributed by atoms with E-state index in [1.807, 2.05) is 12.4 Å². The lowest BCUT2D eigenvalue weighted by Gasteiger charge is -2.29. The third-order valence-corrected chi connectivity index (χ3v) is 3.60. The molecule has 2 heterocycles. The fourth-order valence-electron chi connectivity index (χ4n) is 2.59. The normalized spacial score (nSPS) is 20.2. The molecular formula is C14H24ClN3. The van der Waals surface area contributed by atoms with Gasteiger partial charge < -0.3 is 5.32 Å². The first kappa shape index (κ1) is 15.4. The molecule has 0 bridgehead atoms. The van der Waals surface area contributed by atoms with Crippen LogP contribution in [0.3, 0.4) is 0 Å². The number of hydrogen-bond donors (Lipinski definition) is 1. The SMILES string of the molecule is CCN(Cc1ccncc1)C1CCCNCC1.Cl. The van der Waals surface area contributed by atoms with Crippen LogP contribution < -0.4 is 5.32 Å². The van der Waals surface area contributed by atoms with E-state index in [0.29, 0.717) is 0 Å². The quantitative estimate of drug-likeness (QED) is 0.910. The summed E-state index contributed by atoms with van der Waals surface area (Å²) in [5.74, 6) is 0. The molecule has 1 aliphatic rings. The molecule has 1 aliphatic heterocycles. The molecule has 1 aromatic heterocycles. The third-order valence-electron chi connectivity index (χ3n) is 3.60. The van der Waals surface area contributed by atoms with E-state index in [-0.39, 0.29) is 12.4 Å². The maximum Gasteiger partial charge on any atom is 0.0271 e. The Bertz CT molecular complexity index is 310. The summed E-state index contributed by atoms with van der Waals surface area (Å²) in [6, 6.07) is 4.98. The van der Waals surface area contributed by atoms with Crippen LogP contribution in [0.2, 0.25) is 0 Å². The van der Waals surface area contributed by atoms with E-state index in [1.54, 1.807) is 0 Å². The van der Waals surface area contributed by atoms with Crippen molar-refractivity contribution in [2.45, 2.75) is 38.8 Å². The van der Waals surface area contributed by atoms with Gasteiger partial charge in [0.2, 0.25) is 0 Å². The Morgan fingerprint density at radius 1 is 1.28 bits per heavy atom. The molecule has 1 unspecified atom stereocenters. The van der Waals surface area contributed by atoms with Gasteiger partial charge in [0.05, 0.1) is 0 Å². The number of hydrogen-bond acceptors (Lipinski definition) is 3. The standard InChI is InChI=1S/C14H23N3.ClH/c1-2-17(12-13-5-9-16-10-6-13)14-4-3-8-15-11-7-14;/h5-6,9-10,14-15H,2-4,7-8,11-12H2,1H3;1H. The van der Waals surface area contributed by atoms with Crippen molar-refractivity contribution in [1.82, 2.24) is 15.2 Å². The molecule has 1 saturated heterocycles. The van der Waals surface area contributed by atoms with Crippen LogP contribution in [-0.2, 0) is 6.54 Å². The molecule has 0 saturated carbocycles. The molecule has 4 heteroatoms. The van der Waals surface area contributed by atoms with Crippen molar-refractivity contribution in [3.05, 3.63) is 30.1 Å². The van der Waals surface area contributed by atoms with E-state index < -0.39 is 0 Å². The number of nitrogens with zero attached hydrogens (tertiary/aromatic N) is 2. The van der Waals surface area contributed by atoms with Gasteiger partial charge in [-0.3, -0.25) is 9.88 Å². The lowest BCUT2D eigenvalue weighted by molar-refractivity contribution is 0.182. The van der Waals surface area contributed by atoms with Crippen molar-refractivity contribution in [2.24, 2.45) is 0 Å². The van der Waals surface area contributed by atoms with Crippen LogP contribution in [0.1, 0.15) is 31.7 Å². The minimum absolute atomic E-state index is 0. The van der Waals surface area contributed by atoms with Crippen molar-refractivity contribution in [2.75, 3.05) is 19.6 Å². The summed E-state index contributed by atoms with van der Waals surface area (Å²) in [6.45, 7) is 6.80. The summed E-state index contributed by atoms with van der Waals surface area (Å²) in [4.78, 5) is 6.68. The predicted octanol–water partition coefficient (Wildman–Crippen LogP) is 2.47. The molecule has 3 nitrogen and oxygen atoms in total. The van der Waals surface area contributed by atoms with Gasteiger partial charge >= 0.3 is 0 Å². The first-order chi connectivity index (χ1) is 8.40. The lowest BCUT2D eigenvalue weighted by atomic mass is 10.1. The molecule has 1 aromatic rings. The zero-order chi connectivity index (χ0) is 11.9. The van der Waals surface area contributed by atoms with Gasteiger partial charge in [-0.1, -0.05) is 6.92 Å². The average molecular weight is 270 g/mol. The first-order valence-corrected chi connectivity index (χ1v) is 6.74. The van der Waals surface area contributed by atoms with Crippen LogP contribution in [0.25, 0.3) is 0 Å². The second kappa shape index (κ2) is 8.46. The molecule has 18 heavy (non-hydrogen) atoms. The van der Waals surface area contributed by atoms with Gasteiger partial charge in [0, 0.05) is 25.0 Å². The van der Waals surface area contributed by atoms with Crippen LogP contribution in [0.5, 0.6) is 0 Å². The van der Waals surface area contributed by atoms with Gasteiger partial charge in [-0.15, -0.1) is 12.4 Å². The van der Waals surface area contributed by atoms with E-state index >= 15 is 0 Å². The van der Waals surface area contributed by atoms with Crippen molar-refractivity contribution < 1.29 is 0 Å². The highest BCUT2D eigenvalue weighted by molar-refractivity contribution is 5.85. The molecular weight excluding hydrogens is 246 g/mol. The molecule has 1 atom stereocenters. The highest BCUT2D eigenvalue weighted by Crippen LogP contribution is 2.16. The number of pyridine rings is 1. The fourth-order valence-corrected chi connectivity index (χ4v) is 2.59. The average Bonchev–Trinajstić information content (AvgIpc) is 2.66. The summed E-state index contributed by atoms with van der Waals surface area (Å²) in [7, 11) is 0. The summed E-state index contributed by atoms with van der Waals surface area (Å²) in [5.41, 5.74) is 1.37. The van der Waals surface area contributed by atoms with Gasteiger partial charge in [-0.25, -0.2) is 0 Å². The minimum atomic E-state index is 0. The molecule has 0 radical (unpaired) electrons. The zero-order valence-electron chi connectivity index (χ0n) is 11.1. The predicted molar refractivity (Wildman–Crippen MR) is 78.1 cm³/mol. The Morgan fingerprint density at radius 2 is 2.06 bits per heavy atom. The van der Waals surface area contributed by atoms with E-state index in [2.05, 4.69) is 34.3 Å². The fraction of sp³-hybridized carbons (Fsp3) is 0.643. The number of rotatable bonds is 4. The summed E-state index contributed by atoms with van der Waals surface area (Å²) in [5, 5.41) is 3.48. The van der Waals surface area contributed by atoms with E-state index in [1.165, 1.54) is 31.4 Å². The maximum atomic E-state index is 4.08. The molecule has 102 valence electrons. The number of aromatic nitrogens is 1. The second-order valence-electron chi connectivity index (χ2n) is 4.75. The van der Waals surface area contributed by atoms with Crippen LogP contribution in [-0.4, -0.2) is 35.6 Å². The number of halogens is 1. The van der Waals surface area contributed by atoms with Crippen molar-refractivity contribution in [3.8, 4) is 0 Å². The maximum absolute atomic E-state index is 4.08. The van der Waals surface area contributed by atoms with Crippen LogP contribution in [0.15, 0.2) is 24.5 Å². The Labute approximate surface area is 116 Å². The minimum Gasteiger partial charge on any atom is -0.317 e. The summed E-state index contributed by atoms with van der Waals surface area (Å²) >= 11 is 0. The van der Waals surface area contributed by atoms with E-state index in [0.717, 1.165) is 25.7 Å². The van der Waals surface area contributed by atoms with Crippen molar-refractivity contribution in [3.63, 3.8) is 0 Å². The van der Waals surface area contributed by atoms with Gasteiger partial charge in [0.15, 0.2) is 0 Å². The third kappa shape index (κ3) is 4.56. The van der Waals surface area contributed by atoms with Crippen LogP contribution in [0.4, 0.5) is 0 Å². The van der Waals surface area contributed by atoms with E-state index in [9.17, 15) is 0 Å². The summed E-state index contributed by atoms with van der Waals surface area (Å²) < 4.78 is 0. The van der Waals surface area contributed by atoms with Crippen LogP contribution >= 0.6 is 12.4 Å². The van der Waals surface area contributed by atoms with Gasteiger partial charge in [0.1, 0.15) is 0 Å². The topological polar surface area (TPSA) is 28.2 Å². The monoisotopic (exact) mass is 269 g/mol. The highest BCUT2D eigenvalue weighted by Gasteiger charge is 2.18. The highest BCUT2D eigenvalue weighted by atomic mass is 35.5. The van der Waals surface area contributed by atoms with Gasteiger partial charge in [-0.05, 0) is 56.6 Å². The molecule has 1 fully saturated rings. The van der Waals surface area contributed by atoms with Gasteiger partial charge in [0.25, 0.3) is 0 Å². The Hall–Kier alpha value is -0.640. The largest absolute Gasteiger partial charge is 0.317 e. The zero-order valence-corrected chi connectivity index (χ0v) is 12.0. The molecule has 0 amide bonds. The molecule has 0 spiro atoms. The van der Waals surface area contributed by atoms with Crippen molar-refractivity contribution >= 4 is 12.4 Å². The molecule has 2 rings (SSSR count). The number of nitrogens with one attached hydrogen (secondary N) is 1. The van der Waals surface area contributed by atoms with Crippen LogP contribution in [0, 0.1) is 0 Å². The molecule has 1 N–H and O–H groups in total. The van der Waals surface area contributed by atoms with Crippen molar-refractivity contribution in [1.29, 1.82) is 0 Å². The lowest BCUT2D eigenvalue weighted by Crippen LogP contribution is -2.35. The summed E-state index contributed by atoms with van der Waals surface area (Å²) in [6.07, 6.45) is 7.68. The van der Waals surface area contributed by atoms with E-state index in [4.69, 9.17) is 0 Å². The molecule has 0 aliphatic carbocycles. The first-order valence-electron chi connectivity index (χ1n) is 6.74. The smallest absolute Gasteiger partial charge is 0.0271 e. The van der Waals surface area contributed by atoms with Gasteiger partial charge in [-0.2, -0.15) is 0 Å². The Morgan fingerprint density at radius 3 is 2.78 bits per heavy atom.